The number of aromatic nitrogens is 1. The van der Waals surface area contributed by atoms with Crippen molar-refractivity contribution >= 4 is 22.5 Å². The highest BCUT2D eigenvalue weighted by atomic mass is 16.5. The lowest BCUT2D eigenvalue weighted by Crippen LogP contribution is -2.13. The van der Waals surface area contributed by atoms with Crippen molar-refractivity contribution in [2.45, 2.75) is 13.3 Å². The fourth-order valence-electron chi connectivity index (χ4n) is 2.45. The molecule has 2 aromatic carbocycles. The third-order valence-electron chi connectivity index (χ3n) is 3.67. The van der Waals surface area contributed by atoms with Crippen LogP contribution in [0.4, 0.5) is 5.69 Å². The Morgan fingerprint density at radius 3 is 2.79 bits per heavy atom. The summed E-state index contributed by atoms with van der Waals surface area (Å²) >= 11 is 0. The molecule has 1 aromatic heterocycles. The molecule has 1 heterocycles. The second kappa shape index (κ2) is 7.08. The molecule has 0 saturated carbocycles. The van der Waals surface area contributed by atoms with Gasteiger partial charge in [0, 0.05) is 17.0 Å². The van der Waals surface area contributed by atoms with E-state index < -0.39 is 0 Å². The molecule has 2 N–H and O–H groups in total. The first kappa shape index (κ1) is 15.9. The van der Waals surface area contributed by atoms with Crippen molar-refractivity contribution in [1.82, 2.24) is 4.98 Å². The Kier molecular flexibility index (Phi) is 4.70. The number of methoxy groups -OCH3 is 1. The summed E-state index contributed by atoms with van der Waals surface area (Å²) in [5, 5.41) is 3.85. The summed E-state index contributed by atoms with van der Waals surface area (Å²) in [6, 6.07) is 14.9. The standard InChI is InChI=1S/C19H20N2O3/c1-3-10-24-18-7-5-4-6-15(18)21-19(22)17-11-13-8-9-14(23-2)12-16(13)20-17/h4-9,11-12,20H,3,10H2,1-2H3,(H,21,22). The maximum Gasteiger partial charge on any atom is 0.272 e. The zero-order chi connectivity index (χ0) is 16.9. The van der Waals surface area contributed by atoms with E-state index in [0.29, 0.717) is 23.7 Å². The predicted molar refractivity (Wildman–Crippen MR) is 95.0 cm³/mol. The number of aromatic amines is 1. The molecular formula is C19H20N2O3. The van der Waals surface area contributed by atoms with Gasteiger partial charge in [-0.25, -0.2) is 0 Å². The predicted octanol–water partition coefficient (Wildman–Crippen LogP) is 4.22. The van der Waals surface area contributed by atoms with Crippen molar-refractivity contribution in [2.24, 2.45) is 0 Å². The zero-order valence-corrected chi connectivity index (χ0v) is 13.8. The van der Waals surface area contributed by atoms with E-state index in [2.05, 4.69) is 10.3 Å². The zero-order valence-electron chi connectivity index (χ0n) is 13.8. The number of hydrogen-bond donors (Lipinski definition) is 2. The number of carbonyl (C=O) groups excluding carboxylic acids is 1. The number of carbonyl (C=O) groups is 1. The highest BCUT2D eigenvalue weighted by Crippen LogP contribution is 2.26. The molecule has 0 aliphatic carbocycles. The minimum Gasteiger partial charge on any atom is -0.497 e. The summed E-state index contributed by atoms with van der Waals surface area (Å²) in [6.07, 6.45) is 0.909. The van der Waals surface area contributed by atoms with Gasteiger partial charge in [-0.05, 0) is 36.8 Å². The average Bonchev–Trinajstić information content (AvgIpc) is 3.04. The third-order valence-corrected chi connectivity index (χ3v) is 3.67. The largest absolute Gasteiger partial charge is 0.497 e. The van der Waals surface area contributed by atoms with E-state index in [0.717, 1.165) is 23.1 Å². The summed E-state index contributed by atoms with van der Waals surface area (Å²) in [4.78, 5) is 15.7. The van der Waals surface area contributed by atoms with Gasteiger partial charge < -0.3 is 19.8 Å². The molecule has 0 aliphatic heterocycles. The summed E-state index contributed by atoms with van der Waals surface area (Å²) < 4.78 is 10.9. The Balaban J connectivity index is 1.82. The number of para-hydroxylation sites is 2. The minimum absolute atomic E-state index is 0.210. The van der Waals surface area contributed by atoms with Crippen LogP contribution >= 0.6 is 0 Å². The first-order valence-electron chi connectivity index (χ1n) is 7.91. The molecular weight excluding hydrogens is 304 g/mol. The lowest BCUT2D eigenvalue weighted by atomic mass is 10.2. The van der Waals surface area contributed by atoms with Gasteiger partial charge in [0.2, 0.25) is 0 Å². The van der Waals surface area contributed by atoms with Crippen LogP contribution in [0.3, 0.4) is 0 Å². The average molecular weight is 324 g/mol. The van der Waals surface area contributed by atoms with Crippen molar-refractivity contribution in [3.63, 3.8) is 0 Å². The Morgan fingerprint density at radius 1 is 1.17 bits per heavy atom. The number of fused-ring (bicyclic) bond motifs is 1. The molecule has 0 aliphatic rings. The SMILES string of the molecule is CCCOc1ccccc1NC(=O)c1cc2ccc(OC)cc2[nH]1. The van der Waals surface area contributed by atoms with Crippen LogP contribution in [0.25, 0.3) is 10.9 Å². The van der Waals surface area contributed by atoms with Crippen LogP contribution in [0.1, 0.15) is 23.8 Å². The Morgan fingerprint density at radius 2 is 2.00 bits per heavy atom. The monoisotopic (exact) mass is 324 g/mol. The van der Waals surface area contributed by atoms with E-state index in [1.54, 1.807) is 7.11 Å². The number of hydrogen-bond acceptors (Lipinski definition) is 3. The molecule has 124 valence electrons. The fraction of sp³-hybridized carbons (Fsp3) is 0.211. The Hall–Kier alpha value is -2.95. The highest BCUT2D eigenvalue weighted by molar-refractivity contribution is 6.06. The topological polar surface area (TPSA) is 63.4 Å². The second-order valence-electron chi connectivity index (χ2n) is 5.43. The van der Waals surface area contributed by atoms with E-state index in [1.165, 1.54) is 0 Å². The molecule has 1 amide bonds. The maximum absolute atomic E-state index is 12.5. The molecule has 0 spiro atoms. The second-order valence-corrected chi connectivity index (χ2v) is 5.43. The van der Waals surface area contributed by atoms with E-state index >= 15 is 0 Å². The van der Waals surface area contributed by atoms with Crippen molar-refractivity contribution in [1.29, 1.82) is 0 Å². The summed E-state index contributed by atoms with van der Waals surface area (Å²) in [5.41, 5.74) is 2.01. The quantitative estimate of drug-likeness (QED) is 0.713. The number of rotatable bonds is 6. The normalized spacial score (nSPS) is 10.6. The number of benzene rings is 2. The molecule has 0 radical (unpaired) electrons. The van der Waals surface area contributed by atoms with Crippen molar-refractivity contribution in [2.75, 3.05) is 19.0 Å². The third kappa shape index (κ3) is 3.35. The number of ether oxygens (including phenoxy) is 2. The molecule has 3 rings (SSSR count). The Bertz CT molecular complexity index is 855. The van der Waals surface area contributed by atoms with Gasteiger partial charge >= 0.3 is 0 Å². The van der Waals surface area contributed by atoms with Crippen molar-refractivity contribution in [3.8, 4) is 11.5 Å². The van der Waals surface area contributed by atoms with Gasteiger partial charge in [-0.1, -0.05) is 19.1 Å². The van der Waals surface area contributed by atoms with Crippen molar-refractivity contribution < 1.29 is 14.3 Å². The molecule has 0 bridgehead atoms. The summed E-state index contributed by atoms with van der Waals surface area (Å²) in [5.74, 6) is 1.21. The maximum atomic E-state index is 12.5. The van der Waals surface area contributed by atoms with Crippen LogP contribution in [0.15, 0.2) is 48.5 Å². The minimum atomic E-state index is -0.210. The van der Waals surface area contributed by atoms with Gasteiger partial charge in [-0.15, -0.1) is 0 Å². The van der Waals surface area contributed by atoms with Gasteiger partial charge in [0.05, 0.1) is 19.4 Å². The lowest BCUT2D eigenvalue weighted by molar-refractivity contribution is 0.102. The molecule has 24 heavy (non-hydrogen) atoms. The van der Waals surface area contributed by atoms with Gasteiger partial charge in [0.1, 0.15) is 17.2 Å². The van der Waals surface area contributed by atoms with Crippen LogP contribution in [0.5, 0.6) is 11.5 Å². The van der Waals surface area contributed by atoms with Crippen LogP contribution in [0, 0.1) is 0 Å². The molecule has 0 fully saturated rings. The summed E-state index contributed by atoms with van der Waals surface area (Å²) in [7, 11) is 1.62. The molecule has 0 atom stereocenters. The summed E-state index contributed by atoms with van der Waals surface area (Å²) in [6.45, 7) is 2.65. The van der Waals surface area contributed by atoms with E-state index in [-0.39, 0.29) is 5.91 Å². The molecule has 5 nitrogen and oxygen atoms in total. The van der Waals surface area contributed by atoms with Crippen LogP contribution in [-0.4, -0.2) is 24.6 Å². The number of nitrogens with one attached hydrogen (secondary N) is 2. The first-order chi connectivity index (χ1) is 11.7. The van der Waals surface area contributed by atoms with Gasteiger partial charge in [0.15, 0.2) is 0 Å². The van der Waals surface area contributed by atoms with E-state index in [1.807, 2.05) is 55.5 Å². The smallest absolute Gasteiger partial charge is 0.272 e. The van der Waals surface area contributed by atoms with Crippen molar-refractivity contribution in [3.05, 3.63) is 54.2 Å². The van der Waals surface area contributed by atoms with Crippen LogP contribution in [-0.2, 0) is 0 Å². The van der Waals surface area contributed by atoms with Gasteiger partial charge in [0.25, 0.3) is 5.91 Å². The molecule has 5 heteroatoms. The number of amides is 1. The van der Waals surface area contributed by atoms with Crippen LogP contribution < -0.4 is 14.8 Å². The molecule has 0 saturated heterocycles. The lowest BCUT2D eigenvalue weighted by Gasteiger charge is -2.11. The number of anilines is 1. The van der Waals surface area contributed by atoms with E-state index in [9.17, 15) is 4.79 Å². The first-order valence-corrected chi connectivity index (χ1v) is 7.91. The number of H-pyrrole nitrogens is 1. The fourth-order valence-corrected chi connectivity index (χ4v) is 2.45. The highest BCUT2D eigenvalue weighted by Gasteiger charge is 2.12. The molecule has 3 aromatic rings. The Labute approximate surface area is 140 Å². The molecule has 0 unspecified atom stereocenters. The van der Waals surface area contributed by atoms with Gasteiger partial charge in [-0.2, -0.15) is 0 Å². The van der Waals surface area contributed by atoms with E-state index in [4.69, 9.17) is 9.47 Å². The van der Waals surface area contributed by atoms with Crippen LogP contribution in [0.2, 0.25) is 0 Å². The van der Waals surface area contributed by atoms with Gasteiger partial charge in [-0.3, -0.25) is 4.79 Å².